The summed E-state index contributed by atoms with van der Waals surface area (Å²) in [7, 11) is 0. The van der Waals surface area contributed by atoms with Gasteiger partial charge in [0.05, 0.1) is 0 Å². The van der Waals surface area contributed by atoms with Gasteiger partial charge in [0.1, 0.15) is 12.6 Å². The molecule has 3 rings (SSSR count). The van der Waals surface area contributed by atoms with Gasteiger partial charge in [-0.05, 0) is 44.9 Å². The van der Waals surface area contributed by atoms with Crippen LogP contribution in [0.1, 0.15) is 52.9 Å². The molecule has 2 aliphatic heterocycles. The topological polar surface area (TPSA) is 151 Å². The minimum Gasteiger partial charge on any atom is -0.685 e. The van der Waals surface area contributed by atoms with Crippen LogP contribution in [0, 0.1) is 0 Å². The molecule has 1 aliphatic carbocycles. The van der Waals surface area contributed by atoms with E-state index in [9.17, 15) is 4.79 Å². The van der Waals surface area contributed by atoms with Crippen LogP contribution in [0.4, 0.5) is 0 Å². The Balaban J connectivity index is 0. The molecule has 3 aliphatic rings. The van der Waals surface area contributed by atoms with E-state index in [0.717, 1.165) is 31.5 Å². The summed E-state index contributed by atoms with van der Waals surface area (Å²) >= 11 is 0. The van der Waals surface area contributed by atoms with Crippen LogP contribution in [-0.4, -0.2) is 76.7 Å². The predicted molar refractivity (Wildman–Crippen MR) is 145 cm³/mol. The molecule has 9 nitrogen and oxygen atoms in total. The van der Waals surface area contributed by atoms with Crippen molar-refractivity contribution in [3.63, 3.8) is 0 Å². The molecule has 0 spiro atoms. The van der Waals surface area contributed by atoms with Crippen LogP contribution in [0.5, 0.6) is 0 Å². The number of aliphatic imine (C=N–C) groups is 1. The third-order valence-corrected chi connectivity index (χ3v) is 5.10. The molecule has 0 aromatic rings. The van der Waals surface area contributed by atoms with Gasteiger partial charge in [-0.15, -0.1) is 12.6 Å². The Bertz CT molecular complexity index is 822. The zero-order valence-electron chi connectivity index (χ0n) is 23.0. The molecule has 2 unspecified atom stereocenters. The minimum absolute atomic E-state index is 0. The molecule has 204 valence electrons. The Kier molecular flexibility index (Phi) is 24.1. The Morgan fingerprint density at radius 1 is 1.11 bits per heavy atom. The fourth-order valence-electron chi connectivity index (χ4n) is 3.55. The van der Waals surface area contributed by atoms with Gasteiger partial charge in [0.25, 0.3) is 0 Å². The van der Waals surface area contributed by atoms with Crippen molar-refractivity contribution in [1.82, 2.24) is 5.32 Å². The first-order valence-electron chi connectivity index (χ1n) is 12.5. The first-order chi connectivity index (χ1) is 17.2. The normalized spacial score (nSPS) is 21.3. The molecular weight excluding hydrogens is 591 g/mol. The van der Waals surface area contributed by atoms with Gasteiger partial charge in [0.15, 0.2) is 5.78 Å². The number of ketones is 1. The van der Waals surface area contributed by atoms with Crippen LogP contribution < -0.4 is 5.32 Å². The van der Waals surface area contributed by atoms with E-state index in [1.807, 2.05) is 43.6 Å². The second-order valence-corrected chi connectivity index (χ2v) is 8.75. The number of rotatable bonds is 8. The summed E-state index contributed by atoms with van der Waals surface area (Å²) in [6.45, 7) is 7.06. The number of aliphatic hydroxyl groups excluding tert-OH is 2. The van der Waals surface area contributed by atoms with E-state index in [2.05, 4.69) is 27.0 Å². The molecule has 1 fully saturated rings. The van der Waals surface area contributed by atoms with Crippen LogP contribution in [-0.2, 0) is 43.8 Å². The van der Waals surface area contributed by atoms with Gasteiger partial charge in [-0.3, -0.25) is 9.79 Å². The zero-order valence-corrected chi connectivity index (χ0v) is 29.0. The molecule has 0 aromatic heterocycles. The number of hydrogen-bond acceptors (Lipinski definition) is 7. The van der Waals surface area contributed by atoms with Crippen molar-refractivity contribution in [3.05, 3.63) is 70.1 Å². The van der Waals surface area contributed by atoms with Crippen LogP contribution in [0.15, 0.2) is 64.5 Å². The smallest absolute Gasteiger partial charge is 0.685 e. The standard InChI is InChI=1S/C23H30N4O.2C2H6O2.2Zn/c1-18-14-19(16-24-12-8-21-6-2-4-10-26-21)23(28)20(15-18)17-25-13-9-22-7-3-5-11-27-22;2*1-2(3)4;;/h2,4,6,10,14-17,21-22H,3,5,7-9,11-13H2,1H3,(H,24,25,28);2*2-4H,1H3;;/q-2;;;;+2. The minimum atomic E-state index is -1.17. The summed E-state index contributed by atoms with van der Waals surface area (Å²) in [4.78, 5) is 17.1. The van der Waals surface area contributed by atoms with Gasteiger partial charge in [-0.2, -0.15) is 6.20 Å². The van der Waals surface area contributed by atoms with Crippen molar-refractivity contribution in [2.75, 3.05) is 19.6 Å². The molecular formula is C27H42N4O5Zn2. The third kappa shape index (κ3) is 19.7. The number of nitrogens with zero attached hydrogens (tertiary/aromatic N) is 3. The fraction of sp³-hybridized carbons (Fsp3) is 0.556. The summed E-state index contributed by atoms with van der Waals surface area (Å²) in [5, 5.41) is 42.8. The van der Waals surface area contributed by atoms with Crippen molar-refractivity contribution in [2.45, 2.75) is 77.5 Å². The van der Waals surface area contributed by atoms with Crippen molar-refractivity contribution >= 4 is 12.0 Å². The molecule has 0 saturated carbocycles. The summed E-state index contributed by atoms with van der Waals surface area (Å²) in [5.74, 6) is 0.0226. The van der Waals surface area contributed by atoms with Gasteiger partial charge in [-0.25, -0.2) is 0 Å². The van der Waals surface area contributed by atoms with Crippen molar-refractivity contribution in [1.29, 1.82) is 0 Å². The third-order valence-electron chi connectivity index (χ3n) is 5.10. The molecule has 0 aromatic carbocycles. The SMILES string of the molecule is CC(O)O.CC(O)O.CC1=CC(=CNCCC2CCCC[N-]2)C(=O)C(C=NCCC2C=CC=C[N-]2)=C1.[Zn+2].[Zn]. The van der Waals surface area contributed by atoms with Crippen LogP contribution >= 0.6 is 0 Å². The monoisotopic (exact) mass is 630 g/mol. The van der Waals surface area contributed by atoms with Crippen molar-refractivity contribution in [2.24, 2.45) is 4.99 Å². The summed E-state index contributed by atoms with van der Waals surface area (Å²) in [5.41, 5.74) is 2.40. The van der Waals surface area contributed by atoms with E-state index in [4.69, 9.17) is 20.4 Å². The molecule has 2 heterocycles. The first-order valence-corrected chi connectivity index (χ1v) is 12.5. The van der Waals surface area contributed by atoms with E-state index in [-0.39, 0.29) is 50.8 Å². The maximum absolute atomic E-state index is 12.7. The number of Topliss-reactive ketones (excluding diaryl/α,β-unsaturated/α-hetero) is 1. The van der Waals surface area contributed by atoms with Gasteiger partial charge in [0, 0.05) is 56.1 Å². The molecule has 11 heteroatoms. The molecule has 1 saturated heterocycles. The maximum atomic E-state index is 12.7. The van der Waals surface area contributed by atoms with Gasteiger partial charge in [-0.1, -0.05) is 50.0 Å². The molecule has 0 bridgehead atoms. The van der Waals surface area contributed by atoms with Gasteiger partial charge >= 0.3 is 19.5 Å². The predicted octanol–water partition coefficient (Wildman–Crippen LogP) is 3.15. The largest absolute Gasteiger partial charge is 2.00 e. The van der Waals surface area contributed by atoms with Gasteiger partial charge in [0.2, 0.25) is 0 Å². The number of hydrogen-bond donors (Lipinski definition) is 5. The number of aliphatic hydroxyl groups is 4. The Labute approximate surface area is 252 Å². The molecule has 5 N–H and O–H groups in total. The Hall–Kier alpha value is -1.31. The second kappa shape index (κ2) is 23.6. The summed E-state index contributed by atoms with van der Waals surface area (Å²) < 4.78 is 0. The fourth-order valence-corrected chi connectivity index (χ4v) is 3.55. The summed E-state index contributed by atoms with van der Waals surface area (Å²) in [6.07, 6.45) is 18.4. The molecule has 2 atom stereocenters. The average Bonchev–Trinajstić information content (AvgIpc) is 2.82. The zero-order chi connectivity index (χ0) is 26.8. The number of nitrogens with one attached hydrogen (secondary N) is 1. The Morgan fingerprint density at radius 2 is 1.79 bits per heavy atom. The molecule has 38 heavy (non-hydrogen) atoms. The summed E-state index contributed by atoms with van der Waals surface area (Å²) in [6, 6.07) is 0.665. The van der Waals surface area contributed by atoms with Crippen LogP contribution in [0.25, 0.3) is 10.6 Å². The van der Waals surface area contributed by atoms with Crippen LogP contribution in [0.2, 0.25) is 0 Å². The number of piperidine rings is 1. The number of carbonyl (C=O) groups is 1. The van der Waals surface area contributed by atoms with Crippen LogP contribution in [0.3, 0.4) is 0 Å². The first kappa shape index (κ1) is 38.8. The molecule has 0 amide bonds. The van der Waals surface area contributed by atoms with Gasteiger partial charge < -0.3 is 36.4 Å². The Morgan fingerprint density at radius 3 is 2.37 bits per heavy atom. The quantitative estimate of drug-likeness (QED) is 0.0912. The van der Waals surface area contributed by atoms with Crippen molar-refractivity contribution in [3.8, 4) is 0 Å². The number of carbonyl (C=O) groups excluding carboxylic acids is 1. The maximum Gasteiger partial charge on any atom is 2.00 e. The van der Waals surface area contributed by atoms with E-state index >= 15 is 0 Å². The van der Waals surface area contributed by atoms with E-state index < -0.39 is 12.6 Å². The van der Waals surface area contributed by atoms with E-state index in [0.29, 0.717) is 23.7 Å². The molecule has 0 radical (unpaired) electrons. The average molecular weight is 633 g/mol. The van der Waals surface area contributed by atoms with E-state index in [1.165, 1.54) is 33.1 Å². The number of allylic oxidation sites excluding steroid dienone is 7. The second-order valence-electron chi connectivity index (χ2n) is 8.75. The van der Waals surface area contributed by atoms with Crippen molar-refractivity contribution < 1.29 is 64.2 Å². The van der Waals surface area contributed by atoms with E-state index in [1.54, 1.807) is 6.21 Å².